The van der Waals surface area contributed by atoms with E-state index in [1.165, 1.54) is 16.7 Å². The van der Waals surface area contributed by atoms with E-state index in [2.05, 4.69) is 30.5 Å². The molecule has 0 aliphatic carbocycles. The first-order valence-electron chi connectivity index (χ1n) is 5.50. The summed E-state index contributed by atoms with van der Waals surface area (Å²) in [7, 11) is 0. The molecule has 3 heteroatoms. The molecule has 1 aromatic rings. The molecule has 1 aliphatic heterocycles. The van der Waals surface area contributed by atoms with Crippen molar-refractivity contribution < 1.29 is 4.74 Å². The van der Waals surface area contributed by atoms with Gasteiger partial charge in [0.15, 0.2) is 0 Å². The van der Waals surface area contributed by atoms with Gasteiger partial charge in [-0.05, 0) is 23.1 Å². The monoisotopic (exact) mass is 206 g/mol. The predicted molar refractivity (Wildman–Crippen MR) is 59.9 cm³/mol. The van der Waals surface area contributed by atoms with E-state index >= 15 is 0 Å². The second kappa shape index (κ2) is 4.75. The van der Waals surface area contributed by atoms with Crippen molar-refractivity contribution in [3.8, 4) is 0 Å². The van der Waals surface area contributed by atoms with Gasteiger partial charge in [0.25, 0.3) is 0 Å². The van der Waals surface area contributed by atoms with Gasteiger partial charge in [0.1, 0.15) is 0 Å². The molecule has 0 amide bonds. The minimum atomic E-state index is 0.265. The number of fused-ring (bicyclic) bond motifs is 1. The van der Waals surface area contributed by atoms with E-state index in [9.17, 15) is 0 Å². The minimum Gasteiger partial charge on any atom is -0.372 e. The summed E-state index contributed by atoms with van der Waals surface area (Å²) < 4.78 is 5.39. The van der Waals surface area contributed by atoms with Crippen molar-refractivity contribution in [1.82, 2.24) is 5.43 Å². The van der Waals surface area contributed by atoms with Gasteiger partial charge >= 0.3 is 0 Å². The third-order valence-electron chi connectivity index (χ3n) is 2.93. The molecule has 1 aromatic carbocycles. The molecule has 0 aromatic heterocycles. The van der Waals surface area contributed by atoms with Gasteiger partial charge < -0.3 is 4.74 Å². The van der Waals surface area contributed by atoms with E-state index in [1.54, 1.807) is 0 Å². The average molecular weight is 206 g/mol. The number of nitrogens with one attached hydrogen (secondary N) is 1. The Kier molecular flexibility index (Phi) is 3.36. The number of rotatable bonds is 4. The third-order valence-corrected chi connectivity index (χ3v) is 2.93. The van der Waals surface area contributed by atoms with Crippen LogP contribution in [0.4, 0.5) is 0 Å². The van der Waals surface area contributed by atoms with Crippen molar-refractivity contribution in [2.75, 3.05) is 0 Å². The maximum atomic E-state index is 5.55. The summed E-state index contributed by atoms with van der Waals surface area (Å²) in [4.78, 5) is 0. The molecule has 0 fully saturated rings. The Balaban J connectivity index is 2.20. The Morgan fingerprint density at radius 1 is 1.40 bits per heavy atom. The first-order valence-corrected chi connectivity index (χ1v) is 5.50. The van der Waals surface area contributed by atoms with Crippen molar-refractivity contribution in [2.45, 2.75) is 39.0 Å². The van der Waals surface area contributed by atoms with Gasteiger partial charge in [-0.2, -0.15) is 0 Å². The zero-order valence-electron chi connectivity index (χ0n) is 9.12. The lowest BCUT2D eigenvalue weighted by Gasteiger charge is -2.16. The summed E-state index contributed by atoms with van der Waals surface area (Å²) in [6.07, 6.45) is 2.19. The maximum Gasteiger partial charge on any atom is 0.0725 e. The Bertz CT molecular complexity index is 338. The van der Waals surface area contributed by atoms with Crippen molar-refractivity contribution in [1.29, 1.82) is 0 Å². The zero-order chi connectivity index (χ0) is 10.7. The van der Waals surface area contributed by atoms with Crippen LogP contribution in [-0.4, -0.2) is 0 Å². The number of ether oxygens (including phenoxy) is 1. The van der Waals surface area contributed by atoms with Gasteiger partial charge in [0.2, 0.25) is 0 Å². The number of nitrogens with two attached hydrogens (primary N) is 1. The molecule has 0 saturated carbocycles. The van der Waals surface area contributed by atoms with Gasteiger partial charge in [0.05, 0.1) is 13.2 Å². The summed E-state index contributed by atoms with van der Waals surface area (Å²) in [5, 5.41) is 0. The highest BCUT2D eigenvalue weighted by Gasteiger charge is 2.14. The summed E-state index contributed by atoms with van der Waals surface area (Å²) in [5.74, 6) is 5.55. The van der Waals surface area contributed by atoms with Crippen LogP contribution in [0.5, 0.6) is 0 Å². The summed E-state index contributed by atoms with van der Waals surface area (Å²) in [6, 6.07) is 6.77. The van der Waals surface area contributed by atoms with Crippen molar-refractivity contribution >= 4 is 0 Å². The first-order chi connectivity index (χ1) is 7.35. The predicted octanol–water partition coefficient (Wildman–Crippen LogP) is 2.02. The Hall–Kier alpha value is -0.900. The fourth-order valence-corrected chi connectivity index (χ4v) is 2.04. The summed E-state index contributed by atoms with van der Waals surface area (Å²) in [5.41, 5.74) is 6.76. The normalized spacial score (nSPS) is 16.4. The number of hydrogen-bond donors (Lipinski definition) is 2. The molecule has 1 atom stereocenters. The molecule has 0 radical (unpaired) electrons. The molecule has 1 heterocycles. The lowest BCUT2D eigenvalue weighted by atomic mass is 9.99. The van der Waals surface area contributed by atoms with Gasteiger partial charge in [0, 0.05) is 6.04 Å². The van der Waals surface area contributed by atoms with Crippen LogP contribution in [0.3, 0.4) is 0 Å². The van der Waals surface area contributed by atoms with Gasteiger partial charge in [-0.1, -0.05) is 31.5 Å². The highest BCUT2D eigenvalue weighted by atomic mass is 16.5. The van der Waals surface area contributed by atoms with E-state index in [0.717, 1.165) is 26.1 Å². The third kappa shape index (κ3) is 2.20. The van der Waals surface area contributed by atoms with Crippen LogP contribution >= 0.6 is 0 Å². The molecule has 3 N–H and O–H groups in total. The van der Waals surface area contributed by atoms with Crippen molar-refractivity contribution in [3.05, 3.63) is 34.9 Å². The fraction of sp³-hybridized carbons (Fsp3) is 0.500. The van der Waals surface area contributed by atoms with Crippen LogP contribution in [0.15, 0.2) is 18.2 Å². The van der Waals surface area contributed by atoms with Crippen LogP contribution in [-0.2, 0) is 18.0 Å². The van der Waals surface area contributed by atoms with Crippen molar-refractivity contribution in [3.63, 3.8) is 0 Å². The quantitative estimate of drug-likeness (QED) is 0.585. The molecule has 1 aliphatic rings. The molecular weight excluding hydrogens is 188 g/mol. The molecule has 1 unspecified atom stereocenters. The highest BCUT2D eigenvalue weighted by molar-refractivity contribution is 5.34. The maximum absolute atomic E-state index is 5.55. The van der Waals surface area contributed by atoms with Gasteiger partial charge in [-0.3, -0.25) is 11.3 Å². The van der Waals surface area contributed by atoms with Crippen LogP contribution in [0, 0.1) is 0 Å². The second-order valence-corrected chi connectivity index (χ2v) is 4.03. The lowest BCUT2D eigenvalue weighted by Crippen LogP contribution is -2.27. The molecule has 3 nitrogen and oxygen atoms in total. The zero-order valence-corrected chi connectivity index (χ0v) is 9.12. The molecule has 82 valence electrons. The Morgan fingerprint density at radius 3 is 2.93 bits per heavy atom. The van der Waals surface area contributed by atoms with E-state index in [-0.39, 0.29) is 6.04 Å². The Morgan fingerprint density at radius 2 is 2.20 bits per heavy atom. The van der Waals surface area contributed by atoms with E-state index in [0.29, 0.717) is 0 Å². The summed E-state index contributed by atoms with van der Waals surface area (Å²) in [6.45, 7) is 3.66. The summed E-state index contributed by atoms with van der Waals surface area (Å²) >= 11 is 0. The molecule has 2 rings (SSSR count). The van der Waals surface area contributed by atoms with Gasteiger partial charge in [-0.15, -0.1) is 0 Å². The Labute approximate surface area is 90.6 Å². The lowest BCUT2D eigenvalue weighted by molar-refractivity contribution is 0.134. The van der Waals surface area contributed by atoms with Crippen molar-refractivity contribution in [2.24, 2.45) is 5.84 Å². The van der Waals surface area contributed by atoms with E-state index < -0.39 is 0 Å². The molecule has 0 spiro atoms. The van der Waals surface area contributed by atoms with Crippen LogP contribution < -0.4 is 11.3 Å². The second-order valence-electron chi connectivity index (χ2n) is 4.03. The van der Waals surface area contributed by atoms with Crippen LogP contribution in [0.2, 0.25) is 0 Å². The van der Waals surface area contributed by atoms with Gasteiger partial charge in [-0.25, -0.2) is 0 Å². The molecule has 15 heavy (non-hydrogen) atoms. The van der Waals surface area contributed by atoms with E-state index in [1.807, 2.05) is 0 Å². The van der Waals surface area contributed by atoms with Crippen LogP contribution in [0.1, 0.15) is 42.5 Å². The fourth-order valence-electron chi connectivity index (χ4n) is 2.04. The molecule has 0 saturated heterocycles. The van der Waals surface area contributed by atoms with E-state index in [4.69, 9.17) is 10.6 Å². The highest BCUT2D eigenvalue weighted by Crippen LogP contribution is 2.25. The van der Waals surface area contributed by atoms with Crippen LogP contribution in [0.25, 0.3) is 0 Å². The minimum absolute atomic E-state index is 0.265. The molecular formula is C12H18N2O. The number of hydrazine groups is 1. The number of benzene rings is 1. The SMILES string of the molecule is CCCC(NN)c1ccc2c(c1)COC2. The topological polar surface area (TPSA) is 47.3 Å². The molecule has 0 bridgehead atoms. The standard InChI is InChI=1S/C12H18N2O/c1-2-3-12(14-13)9-4-5-10-7-15-8-11(10)6-9/h4-6,12,14H,2-3,7-8,13H2,1H3. The smallest absolute Gasteiger partial charge is 0.0725 e. The number of hydrogen-bond acceptors (Lipinski definition) is 3. The average Bonchev–Trinajstić information content (AvgIpc) is 2.72. The largest absolute Gasteiger partial charge is 0.372 e. The first kappa shape index (κ1) is 10.6.